The molecular weight excluding hydrogens is 198 g/mol. The third kappa shape index (κ3) is 2.98. The highest BCUT2D eigenvalue weighted by Gasteiger charge is 2.17. The maximum atomic E-state index is 3.01. The second kappa shape index (κ2) is 5.47. The Labute approximate surface area is 80.5 Å². The molecule has 1 aliphatic carbocycles. The Bertz CT molecular complexity index is 101. The molecule has 11 heavy (non-hydrogen) atoms. The third-order valence-corrected chi connectivity index (χ3v) is 18.5. The van der Waals surface area contributed by atoms with E-state index in [4.69, 9.17) is 0 Å². The van der Waals surface area contributed by atoms with E-state index in [0.717, 1.165) is 6.04 Å². The molecule has 1 nitrogen and oxygen atoms in total. The first-order valence-electron chi connectivity index (χ1n) is 5.12. The summed E-state index contributed by atoms with van der Waals surface area (Å²) in [6, 6.07) is 1.11. The summed E-state index contributed by atoms with van der Waals surface area (Å²) < 4.78 is 3.01. The Morgan fingerprint density at radius 2 is 1.55 bits per heavy atom. The van der Waals surface area contributed by atoms with Crippen LogP contribution >= 0.6 is 0 Å². The van der Waals surface area contributed by atoms with Crippen molar-refractivity contribution >= 4 is 37.9 Å². The topological polar surface area (TPSA) is 3.24 Å². The van der Waals surface area contributed by atoms with Crippen LogP contribution in [0.4, 0.5) is 0 Å². The molecule has 0 N–H and O–H groups in total. The molecule has 0 saturated heterocycles. The Kier molecular flexibility index (Phi) is 4.93. The number of rotatable bonds is 3. The van der Waals surface area contributed by atoms with E-state index in [0.29, 0.717) is 18.4 Å². The minimum atomic E-state index is 0.352. The maximum absolute atomic E-state index is 3.01. The lowest BCUT2D eigenvalue weighted by molar-refractivity contribution is 0.346. The quantitative estimate of drug-likeness (QED) is 0.469. The molecule has 5 heteroatoms. The van der Waals surface area contributed by atoms with Crippen LogP contribution in [-0.2, 0) is 0 Å². The maximum Gasteiger partial charge on any atom is 0.0674 e. The van der Waals surface area contributed by atoms with Crippen molar-refractivity contribution in [2.24, 2.45) is 0 Å². The van der Waals surface area contributed by atoms with E-state index in [1.807, 2.05) is 0 Å². The Balaban J connectivity index is 2.30. The first-order valence-corrected chi connectivity index (χ1v) is 17.7. The zero-order valence-corrected chi connectivity index (χ0v) is 14.8. The average molecular weight is 220 g/mol. The summed E-state index contributed by atoms with van der Waals surface area (Å²) in [5, 5.41) is 0. The van der Waals surface area contributed by atoms with Crippen molar-refractivity contribution in [2.75, 3.05) is 0 Å². The standard InChI is InChI=1S/C6H21NSi4/c8-10-7(11-9)6-4-2-1-3-5-6/h6H,1-5,10-11H2,8-9H3. The van der Waals surface area contributed by atoms with Gasteiger partial charge in [0.05, 0.1) is 18.4 Å². The van der Waals surface area contributed by atoms with E-state index >= 15 is 0 Å². The molecule has 0 heterocycles. The monoisotopic (exact) mass is 219 g/mol. The molecule has 0 spiro atoms. The van der Waals surface area contributed by atoms with Crippen molar-refractivity contribution in [2.45, 2.75) is 38.1 Å². The van der Waals surface area contributed by atoms with Gasteiger partial charge in [-0.2, -0.15) is 0 Å². The Morgan fingerprint density at radius 3 is 2.00 bits per heavy atom. The molecular formula is C6H21NSi4. The SMILES string of the molecule is [SiH3][SiH2]N([SiH2][SiH3])C1CCCCC1. The van der Waals surface area contributed by atoms with Gasteiger partial charge in [0.2, 0.25) is 0 Å². The van der Waals surface area contributed by atoms with Crippen LogP contribution in [0.2, 0.25) is 0 Å². The molecule has 0 radical (unpaired) electrons. The predicted octanol–water partition coefficient (Wildman–Crippen LogP) is -2.65. The summed E-state index contributed by atoms with van der Waals surface area (Å²) >= 11 is 0. The van der Waals surface area contributed by atoms with Crippen molar-refractivity contribution in [1.82, 2.24) is 4.23 Å². The van der Waals surface area contributed by atoms with Gasteiger partial charge < -0.3 is 4.23 Å². The summed E-state index contributed by atoms with van der Waals surface area (Å²) in [5.74, 6) is 0. The summed E-state index contributed by atoms with van der Waals surface area (Å²) in [6.45, 7) is 0. The highest BCUT2D eigenvalue weighted by molar-refractivity contribution is 6.98. The van der Waals surface area contributed by atoms with Crippen molar-refractivity contribution in [1.29, 1.82) is 0 Å². The van der Waals surface area contributed by atoms with Crippen molar-refractivity contribution < 1.29 is 0 Å². The summed E-state index contributed by atoms with van der Waals surface area (Å²) in [6.07, 6.45) is 7.71. The first kappa shape index (κ1) is 9.91. The fourth-order valence-corrected chi connectivity index (χ4v) is 24.9. The molecule has 0 aromatic carbocycles. The minimum Gasteiger partial charge on any atom is -0.358 e. The van der Waals surface area contributed by atoms with Crippen LogP contribution in [0.25, 0.3) is 0 Å². The molecule has 66 valence electrons. The fraction of sp³-hybridized carbons (Fsp3) is 1.00. The van der Waals surface area contributed by atoms with Gasteiger partial charge in [-0.25, -0.2) is 0 Å². The average Bonchev–Trinajstić information content (AvgIpc) is 2.09. The largest absolute Gasteiger partial charge is 0.358 e. The first-order chi connectivity index (χ1) is 5.38. The normalized spacial score (nSPS) is 23.7. The second-order valence-electron chi connectivity index (χ2n) is 3.51. The minimum absolute atomic E-state index is 0.352. The molecule has 0 aromatic rings. The van der Waals surface area contributed by atoms with E-state index in [-0.39, 0.29) is 0 Å². The van der Waals surface area contributed by atoms with Gasteiger partial charge in [-0.3, -0.25) is 0 Å². The third-order valence-electron chi connectivity index (χ3n) is 2.90. The molecule has 1 fully saturated rings. The van der Waals surface area contributed by atoms with Gasteiger partial charge in [0.1, 0.15) is 0 Å². The van der Waals surface area contributed by atoms with Gasteiger partial charge in [0.15, 0.2) is 0 Å². The van der Waals surface area contributed by atoms with Gasteiger partial charge in [-0.05, 0) is 18.9 Å². The molecule has 1 saturated carbocycles. The van der Waals surface area contributed by atoms with Gasteiger partial charge >= 0.3 is 0 Å². The number of hydrogen-bond acceptors (Lipinski definition) is 1. The zero-order chi connectivity index (χ0) is 8.10. The lowest BCUT2D eigenvalue weighted by Gasteiger charge is -2.33. The molecule has 1 aliphatic rings. The summed E-state index contributed by atoms with van der Waals surface area (Å²) in [7, 11) is 3.78. The molecule has 0 atom stereocenters. The van der Waals surface area contributed by atoms with Crippen LogP contribution in [-0.4, -0.2) is 48.2 Å². The van der Waals surface area contributed by atoms with Gasteiger partial charge in [-0.1, -0.05) is 19.3 Å². The highest BCUT2D eigenvalue weighted by atomic mass is 29.2. The molecule has 0 aromatic heterocycles. The van der Waals surface area contributed by atoms with Crippen LogP contribution < -0.4 is 0 Å². The lowest BCUT2D eigenvalue weighted by atomic mass is 9.96. The predicted molar refractivity (Wildman–Crippen MR) is 65.7 cm³/mol. The lowest BCUT2D eigenvalue weighted by Crippen LogP contribution is -2.42. The van der Waals surface area contributed by atoms with Crippen LogP contribution in [0.3, 0.4) is 0 Å². The van der Waals surface area contributed by atoms with Gasteiger partial charge in [-0.15, -0.1) is 0 Å². The molecule has 0 amide bonds. The smallest absolute Gasteiger partial charge is 0.0674 e. The van der Waals surface area contributed by atoms with Crippen LogP contribution in [0.15, 0.2) is 0 Å². The van der Waals surface area contributed by atoms with Gasteiger partial charge in [0.25, 0.3) is 0 Å². The van der Waals surface area contributed by atoms with E-state index in [2.05, 4.69) is 4.23 Å². The van der Waals surface area contributed by atoms with Crippen LogP contribution in [0.5, 0.6) is 0 Å². The fourth-order valence-electron chi connectivity index (χ4n) is 2.19. The zero-order valence-electron chi connectivity index (χ0n) is 7.97. The van der Waals surface area contributed by atoms with E-state index in [9.17, 15) is 0 Å². The van der Waals surface area contributed by atoms with Crippen LogP contribution in [0, 0.1) is 0 Å². The van der Waals surface area contributed by atoms with Crippen LogP contribution in [0.1, 0.15) is 32.1 Å². The van der Waals surface area contributed by atoms with Crippen molar-refractivity contribution in [3.05, 3.63) is 0 Å². The second-order valence-corrected chi connectivity index (χ2v) is 11.1. The van der Waals surface area contributed by atoms with Crippen molar-refractivity contribution in [3.8, 4) is 0 Å². The van der Waals surface area contributed by atoms with E-state index in [1.165, 1.54) is 38.8 Å². The molecule has 0 unspecified atom stereocenters. The molecule has 1 rings (SSSR count). The molecule has 0 bridgehead atoms. The number of nitrogens with zero attached hydrogens (tertiary/aromatic N) is 1. The van der Waals surface area contributed by atoms with Crippen molar-refractivity contribution in [3.63, 3.8) is 0 Å². The summed E-state index contributed by atoms with van der Waals surface area (Å²) in [4.78, 5) is 0. The Morgan fingerprint density at radius 1 is 1.00 bits per heavy atom. The van der Waals surface area contributed by atoms with Gasteiger partial charge in [0, 0.05) is 19.5 Å². The Hall–Kier alpha value is 0.828. The van der Waals surface area contributed by atoms with E-state index in [1.54, 1.807) is 12.8 Å². The molecule has 0 aliphatic heterocycles. The number of hydrogen-bond donors (Lipinski definition) is 0. The highest BCUT2D eigenvalue weighted by Crippen LogP contribution is 2.20. The summed E-state index contributed by atoms with van der Waals surface area (Å²) in [5.41, 5.74) is 0. The van der Waals surface area contributed by atoms with E-state index < -0.39 is 0 Å².